The van der Waals surface area contributed by atoms with E-state index in [0.717, 1.165) is 5.56 Å². The van der Waals surface area contributed by atoms with Crippen LogP contribution in [0.1, 0.15) is 46.0 Å². The number of rotatable bonds is 5. The fourth-order valence-electron chi connectivity index (χ4n) is 2.43. The molecular formula is C20H27NO6. The molecule has 27 heavy (non-hydrogen) atoms. The average molecular weight is 377 g/mol. The molecule has 2 atom stereocenters. The first-order chi connectivity index (χ1) is 12.8. The summed E-state index contributed by atoms with van der Waals surface area (Å²) in [4.78, 5) is 24.3. The van der Waals surface area contributed by atoms with Crippen LogP contribution >= 0.6 is 0 Å². The molecular weight excluding hydrogens is 350 g/mol. The van der Waals surface area contributed by atoms with Gasteiger partial charge in [0, 0.05) is 12.0 Å². The summed E-state index contributed by atoms with van der Waals surface area (Å²) < 4.78 is 21.8. The lowest BCUT2D eigenvalue weighted by molar-refractivity contribution is -0.205. The molecule has 2 rings (SSSR count). The van der Waals surface area contributed by atoms with E-state index >= 15 is 0 Å². The van der Waals surface area contributed by atoms with Gasteiger partial charge in [-0.2, -0.15) is 0 Å². The number of esters is 1. The Morgan fingerprint density at radius 3 is 2.59 bits per heavy atom. The summed E-state index contributed by atoms with van der Waals surface area (Å²) in [5.41, 5.74) is 0.190. The SMILES string of the molecule is CCOC(=O)/C(=C\C1CCOC(c2ccccc2)O1)NC(=O)OC(C)(C)C. The van der Waals surface area contributed by atoms with Gasteiger partial charge in [-0.3, -0.25) is 5.32 Å². The summed E-state index contributed by atoms with van der Waals surface area (Å²) in [5, 5.41) is 2.46. The summed E-state index contributed by atoms with van der Waals surface area (Å²) in [6.07, 6.45) is 0.403. The van der Waals surface area contributed by atoms with Crippen LogP contribution < -0.4 is 5.32 Å². The highest BCUT2D eigenvalue weighted by molar-refractivity contribution is 5.92. The van der Waals surface area contributed by atoms with Crippen LogP contribution in [0.5, 0.6) is 0 Å². The molecule has 0 aromatic heterocycles. The molecule has 1 saturated heterocycles. The molecule has 0 spiro atoms. The third kappa shape index (κ3) is 7.03. The lowest BCUT2D eigenvalue weighted by Gasteiger charge is -2.29. The second kappa shape index (κ2) is 9.53. The minimum absolute atomic E-state index is 0.00943. The molecule has 1 N–H and O–H groups in total. The Labute approximate surface area is 159 Å². The fourth-order valence-corrected chi connectivity index (χ4v) is 2.43. The van der Waals surface area contributed by atoms with Gasteiger partial charge in [-0.05, 0) is 33.8 Å². The molecule has 1 aromatic carbocycles. The van der Waals surface area contributed by atoms with Crippen LogP contribution in [-0.2, 0) is 23.7 Å². The topological polar surface area (TPSA) is 83.1 Å². The highest BCUT2D eigenvalue weighted by Gasteiger charge is 2.26. The minimum Gasteiger partial charge on any atom is -0.461 e. The van der Waals surface area contributed by atoms with Gasteiger partial charge in [0.2, 0.25) is 0 Å². The van der Waals surface area contributed by atoms with Crippen molar-refractivity contribution < 1.29 is 28.5 Å². The molecule has 0 radical (unpaired) electrons. The van der Waals surface area contributed by atoms with E-state index in [4.69, 9.17) is 18.9 Å². The summed E-state index contributed by atoms with van der Waals surface area (Å²) in [6.45, 7) is 7.57. The number of hydrogen-bond acceptors (Lipinski definition) is 6. The quantitative estimate of drug-likeness (QED) is 0.625. The molecule has 7 nitrogen and oxygen atoms in total. The monoisotopic (exact) mass is 377 g/mol. The molecule has 148 valence electrons. The van der Waals surface area contributed by atoms with E-state index in [1.165, 1.54) is 0 Å². The molecule has 1 amide bonds. The number of ether oxygens (including phenoxy) is 4. The van der Waals surface area contributed by atoms with Crippen LogP contribution in [0, 0.1) is 0 Å². The molecule has 1 aliphatic heterocycles. The second-order valence-electron chi connectivity index (χ2n) is 7.00. The van der Waals surface area contributed by atoms with Crippen molar-refractivity contribution in [2.45, 2.75) is 52.1 Å². The van der Waals surface area contributed by atoms with Crippen molar-refractivity contribution in [3.05, 3.63) is 47.7 Å². The predicted molar refractivity (Wildman–Crippen MR) is 98.7 cm³/mol. The van der Waals surface area contributed by atoms with Crippen LogP contribution in [-0.4, -0.2) is 37.0 Å². The van der Waals surface area contributed by atoms with Crippen LogP contribution in [0.15, 0.2) is 42.1 Å². The van der Waals surface area contributed by atoms with E-state index in [2.05, 4.69) is 5.32 Å². The van der Waals surface area contributed by atoms with E-state index in [-0.39, 0.29) is 12.3 Å². The van der Waals surface area contributed by atoms with Gasteiger partial charge in [-0.1, -0.05) is 30.3 Å². The molecule has 2 unspecified atom stereocenters. The first-order valence-electron chi connectivity index (χ1n) is 8.99. The number of nitrogens with one attached hydrogen (secondary N) is 1. The van der Waals surface area contributed by atoms with Gasteiger partial charge < -0.3 is 18.9 Å². The van der Waals surface area contributed by atoms with Crippen LogP contribution in [0.4, 0.5) is 4.79 Å². The lowest BCUT2D eigenvalue weighted by Crippen LogP contribution is -2.36. The minimum atomic E-state index is -0.728. The molecule has 1 aliphatic rings. The predicted octanol–water partition coefficient (Wildman–Crippen LogP) is 3.46. The van der Waals surface area contributed by atoms with Gasteiger partial charge in [0.05, 0.1) is 19.3 Å². The third-order valence-electron chi connectivity index (χ3n) is 3.53. The summed E-state index contributed by atoms with van der Waals surface area (Å²) in [7, 11) is 0. The van der Waals surface area contributed by atoms with Gasteiger partial charge in [-0.15, -0.1) is 0 Å². The van der Waals surface area contributed by atoms with Gasteiger partial charge in [0.25, 0.3) is 0 Å². The normalized spacial score (nSPS) is 20.7. The number of amides is 1. The summed E-state index contributed by atoms with van der Waals surface area (Å²) in [6, 6.07) is 9.52. The van der Waals surface area contributed by atoms with Gasteiger partial charge >= 0.3 is 12.1 Å². The van der Waals surface area contributed by atoms with Crippen molar-refractivity contribution in [3.63, 3.8) is 0 Å². The number of carbonyl (C=O) groups excluding carboxylic acids is 2. The van der Waals surface area contributed by atoms with Crippen LogP contribution in [0.2, 0.25) is 0 Å². The van der Waals surface area contributed by atoms with Crippen LogP contribution in [0.3, 0.4) is 0 Å². The van der Waals surface area contributed by atoms with Crippen molar-refractivity contribution >= 4 is 12.1 Å². The highest BCUT2D eigenvalue weighted by atomic mass is 16.7. The standard InChI is InChI=1S/C20H27NO6/c1-5-24-17(22)16(21-19(23)27-20(2,3)4)13-15-11-12-25-18(26-15)14-9-7-6-8-10-14/h6-10,13,15,18H,5,11-12H2,1-4H3,(H,21,23)/b16-13+. The maximum absolute atomic E-state index is 12.2. The van der Waals surface area contributed by atoms with Gasteiger partial charge in [-0.25, -0.2) is 9.59 Å². The maximum Gasteiger partial charge on any atom is 0.412 e. The molecule has 0 bridgehead atoms. The zero-order valence-corrected chi connectivity index (χ0v) is 16.2. The Morgan fingerprint density at radius 2 is 1.96 bits per heavy atom. The Kier molecular flexibility index (Phi) is 7.38. The van der Waals surface area contributed by atoms with Crippen molar-refractivity contribution in [1.82, 2.24) is 5.32 Å². The van der Waals surface area contributed by atoms with E-state index < -0.39 is 30.1 Å². The molecule has 0 aliphatic carbocycles. The zero-order valence-electron chi connectivity index (χ0n) is 16.2. The Morgan fingerprint density at radius 1 is 1.26 bits per heavy atom. The molecule has 1 heterocycles. The van der Waals surface area contributed by atoms with Crippen molar-refractivity contribution in [1.29, 1.82) is 0 Å². The molecule has 1 fully saturated rings. The van der Waals surface area contributed by atoms with E-state index in [1.54, 1.807) is 33.8 Å². The number of alkyl carbamates (subject to hydrolysis) is 1. The highest BCUT2D eigenvalue weighted by Crippen LogP contribution is 2.27. The van der Waals surface area contributed by atoms with Crippen molar-refractivity contribution in [2.75, 3.05) is 13.2 Å². The largest absolute Gasteiger partial charge is 0.461 e. The fraction of sp³-hybridized carbons (Fsp3) is 0.500. The molecule has 7 heteroatoms. The third-order valence-corrected chi connectivity index (χ3v) is 3.53. The smallest absolute Gasteiger partial charge is 0.412 e. The Bertz CT molecular complexity index is 665. The maximum atomic E-state index is 12.2. The average Bonchev–Trinajstić information content (AvgIpc) is 2.61. The number of benzene rings is 1. The second-order valence-corrected chi connectivity index (χ2v) is 7.00. The molecule has 0 saturated carbocycles. The number of hydrogen-bond donors (Lipinski definition) is 1. The number of carbonyl (C=O) groups is 2. The summed E-state index contributed by atoms with van der Waals surface area (Å²) >= 11 is 0. The summed E-state index contributed by atoms with van der Waals surface area (Å²) in [5.74, 6) is -0.644. The van der Waals surface area contributed by atoms with E-state index in [9.17, 15) is 9.59 Å². The molecule has 1 aromatic rings. The Hall–Kier alpha value is -2.38. The lowest BCUT2D eigenvalue weighted by atomic mass is 10.1. The Balaban J connectivity index is 2.12. The first-order valence-corrected chi connectivity index (χ1v) is 8.99. The van der Waals surface area contributed by atoms with E-state index in [1.807, 2.05) is 30.3 Å². The van der Waals surface area contributed by atoms with Crippen molar-refractivity contribution in [3.8, 4) is 0 Å². The van der Waals surface area contributed by atoms with Crippen molar-refractivity contribution in [2.24, 2.45) is 0 Å². The van der Waals surface area contributed by atoms with Crippen LogP contribution in [0.25, 0.3) is 0 Å². The first kappa shape index (κ1) is 20.9. The van der Waals surface area contributed by atoms with E-state index in [0.29, 0.717) is 13.0 Å². The van der Waals surface area contributed by atoms with Gasteiger partial charge in [0.15, 0.2) is 6.29 Å². The zero-order chi connectivity index (χ0) is 19.9. The van der Waals surface area contributed by atoms with Gasteiger partial charge in [0.1, 0.15) is 11.3 Å².